The summed E-state index contributed by atoms with van der Waals surface area (Å²) in [5.41, 5.74) is 1.11. The summed E-state index contributed by atoms with van der Waals surface area (Å²) < 4.78 is 32.8. The summed E-state index contributed by atoms with van der Waals surface area (Å²) in [7, 11) is 0. The first-order valence-electron chi connectivity index (χ1n) is 11.4. The fraction of sp³-hybridized carbons (Fsp3) is 0.440. The zero-order valence-electron chi connectivity index (χ0n) is 19.8. The Hall–Kier alpha value is -3.08. The van der Waals surface area contributed by atoms with Crippen LogP contribution in [0.25, 0.3) is 0 Å². The average Bonchev–Trinajstić information content (AvgIpc) is 2.78. The van der Waals surface area contributed by atoms with Crippen molar-refractivity contribution >= 4 is 12.0 Å². The molecule has 0 aromatic heterocycles. The van der Waals surface area contributed by atoms with Crippen molar-refractivity contribution in [1.82, 2.24) is 16.0 Å². The first-order chi connectivity index (χ1) is 16.6. The Morgan fingerprint density at radius 3 is 2.26 bits per heavy atom. The molecule has 0 aliphatic carbocycles. The Morgan fingerprint density at radius 2 is 1.66 bits per heavy atom. The molecule has 0 saturated carbocycles. The normalized spacial score (nSPS) is 13.8. The first-order valence-corrected chi connectivity index (χ1v) is 11.4. The van der Waals surface area contributed by atoms with Crippen LogP contribution in [-0.4, -0.2) is 60.1 Å². The van der Waals surface area contributed by atoms with Gasteiger partial charge < -0.3 is 30.9 Å². The topological polar surface area (TPSA) is 120 Å². The second-order valence-corrected chi connectivity index (χ2v) is 8.71. The minimum atomic E-state index is -1.40. The summed E-state index contributed by atoms with van der Waals surface area (Å²) in [5.74, 6) is -1.71. The summed E-state index contributed by atoms with van der Waals surface area (Å²) in [6.45, 7) is 4.49. The molecule has 0 unspecified atom stereocenters. The van der Waals surface area contributed by atoms with Crippen LogP contribution in [0.4, 0.5) is 13.6 Å². The third kappa shape index (κ3) is 10.8. The van der Waals surface area contributed by atoms with Gasteiger partial charge in [0.05, 0.1) is 25.4 Å². The highest BCUT2D eigenvalue weighted by molar-refractivity contribution is 5.81. The van der Waals surface area contributed by atoms with Crippen LogP contribution in [0, 0.1) is 17.6 Å². The van der Waals surface area contributed by atoms with Crippen molar-refractivity contribution < 1.29 is 33.3 Å². The van der Waals surface area contributed by atoms with Gasteiger partial charge in [0, 0.05) is 19.2 Å². The van der Waals surface area contributed by atoms with Gasteiger partial charge in [-0.25, -0.2) is 13.6 Å². The van der Waals surface area contributed by atoms with Crippen LogP contribution in [0.5, 0.6) is 0 Å². The molecule has 5 N–H and O–H groups in total. The number of carboxylic acid groups (broad SMARTS) is 1. The van der Waals surface area contributed by atoms with E-state index in [0.29, 0.717) is 12.6 Å². The molecule has 0 spiro atoms. The van der Waals surface area contributed by atoms with Crippen LogP contribution in [-0.2, 0) is 22.6 Å². The molecule has 2 rings (SSSR count). The van der Waals surface area contributed by atoms with E-state index >= 15 is 0 Å². The Kier molecular flexibility index (Phi) is 11.5. The molecular formula is C25H33F2N3O5. The van der Waals surface area contributed by atoms with Crippen molar-refractivity contribution in [3.8, 4) is 0 Å². The standard InChI is InChI=1S/C25H33F2N3O5/c1-16(2)12-29-24(32)22(15-35-14-17-6-4-3-5-7-17)28-13-23(31)21(30-25(33)34)10-18-8-19(26)11-20(27)9-18/h3-9,11,16,21-23,28,30-31H,10,12-15H2,1-2H3,(H,29,32)(H,33,34)/t21-,22-,23+/m0/s1. The third-order valence-corrected chi connectivity index (χ3v) is 5.12. The monoisotopic (exact) mass is 493 g/mol. The third-order valence-electron chi connectivity index (χ3n) is 5.12. The number of halogens is 2. The SMILES string of the molecule is CC(C)CNC(=O)[C@H](COCc1ccccc1)NC[C@@H](O)[C@H](Cc1cc(F)cc(F)c1)NC(=O)O. The molecule has 10 heteroatoms. The van der Waals surface area contributed by atoms with Crippen LogP contribution in [0.15, 0.2) is 48.5 Å². The number of hydrogen-bond donors (Lipinski definition) is 5. The molecule has 0 radical (unpaired) electrons. The van der Waals surface area contributed by atoms with E-state index in [1.54, 1.807) is 0 Å². The largest absolute Gasteiger partial charge is 0.465 e. The maximum atomic E-state index is 13.5. The Labute approximate surface area is 203 Å². The molecule has 2 aromatic carbocycles. The molecule has 2 aromatic rings. The average molecular weight is 494 g/mol. The molecule has 0 aliphatic rings. The first kappa shape index (κ1) is 28.2. The molecule has 192 valence electrons. The Bertz CT molecular complexity index is 926. The van der Waals surface area contributed by atoms with Crippen molar-refractivity contribution in [2.45, 2.75) is 45.1 Å². The highest BCUT2D eigenvalue weighted by Gasteiger charge is 2.25. The quantitative estimate of drug-likeness (QED) is 0.276. The predicted molar refractivity (Wildman–Crippen MR) is 127 cm³/mol. The maximum absolute atomic E-state index is 13.5. The van der Waals surface area contributed by atoms with Gasteiger partial charge in [0.2, 0.25) is 5.91 Å². The van der Waals surface area contributed by atoms with Crippen LogP contribution in [0.2, 0.25) is 0 Å². The van der Waals surface area contributed by atoms with Gasteiger partial charge in [0.15, 0.2) is 0 Å². The zero-order chi connectivity index (χ0) is 25.8. The van der Waals surface area contributed by atoms with Gasteiger partial charge in [-0.3, -0.25) is 4.79 Å². The zero-order valence-corrected chi connectivity index (χ0v) is 19.8. The highest BCUT2D eigenvalue weighted by Crippen LogP contribution is 2.12. The Morgan fingerprint density at radius 1 is 1.00 bits per heavy atom. The number of nitrogens with one attached hydrogen (secondary N) is 3. The van der Waals surface area contributed by atoms with Crippen molar-refractivity contribution in [3.63, 3.8) is 0 Å². The number of carbonyl (C=O) groups excluding carboxylic acids is 1. The second-order valence-electron chi connectivity index (χ2n) is 8.71. The number of ether oxygens (including phenoxy) is 1. The van der Waals surface area contributed by atoms with Crippen molar-refractivity contribution in [3.05, 3.63) is 71.3 Å². The summed E-state index contributed by atoms with van der Waals surface area (Å²) in [5, 5.41) is 27.7. The van der Waals surface area contributed by atoms with Crippen LogP contribution < -0.4 is 16.0 Å². The molecule has 8 nitrogen and oxygen atoms in total. The van der Waals surface area contributed by atoms with E-state index in [4.69, 9.17) is 9.84 Å². The number of aliphatic hydroxyl groups excluding tert-OH is 1. The molecule has 35 heavy (non-hydrogen) atoms. The lowest BCUT2D eigenvalue weighted by Gasteiger charge is -2.26. The highest BCUT2D eigenvalue weighted by atomic mass is 19.1. The lowest BCUT2D eigenvalue weighted by molar-refractivity contribution is -0.125. The van der Waals surface area contributed by atoms with E-state index in [9.17, 15) is 23.5 Å². The number of aliphatic hydroxyl groups is 1. The second kappa shape index (κ2) is 14.3. The van der Waals surface area contributed by atoms with E-state index < -0.39 is 35.9 Å². The fourth-order valence-electron chi connectivity index (χ4n) is 3.35. The Balaban J connectivity index is 2.02. The summed E-state index contributed by atoms with van der Waals surface area (Å²) in [6, 6.07) is 10.4. The molecule has 0 aliphatic heterocycles. The van der Waals surface area contributed by atoms with Crippen molar-refractivity contribution in [1.29, 1.82) is 0 Å². The van der Waals surface area contributed by atoms with E-state index in [0.717, 1.165) is 17.7 Å². The minimum absolute atomic E-state index is 0.0116. The smallest absolute Gasteiger partial charge is 0.404 e. The van der Waals surface area contributed by atoms with Crippen LogP contribution >= 0.6 is 0 Å². The lowest BCUT2D eigenvalue weighted by Crippen LogP contribution is -2.54. The van der Waals surface area contributed by atoms with E-state index in [1.165, 1.54) is 0 Å². The number of hydrogen-bond acceptors (Lipinski definition) is 5. The van der Waals surface area contributed by atoms with Gasteiger partial charge in [0.25, 0.3) is 0 Å². The van der Waals surface area contributed by atoms with Crippen molar-refractivity contribution in [2.75, 3.05) is 19.7 Å². The van der Waals surface area contributed by atoms with E-state index in [1.807, 2.05) is 44.2 Å². The molecule has 0 saturated heterocycles. The predicted octanol–water partition coefficient (Wildman–Crippen LogP) is 2.45. The van der Waals surface area contributed by atoms with Gasteiger partial charge in [-0.1, -0.05) is 44.2 Å². The van der Waals surface area contributed by atoms with E-state index in [2.05, 4.69) is 16.0 Å². The molecule has 0 heterocycles. The van der Waals surface area contributed by atoms with Gasteiger partial charge in [-0.05, 0) is 35.6 Å². The van der Waals surface area contributed by atoms with Crippen LogP contribution in [0.3, 0.4) is 0 Å². The molecule has 0 fully saturated rings. The lowest BCUT2D eigenvalue weighted by atomic mass is 10.0. The summed E-state index contributed by atoms with van der Waals surface area (Å²) in [4.78, 5) is 23.9. The van der Waals surface area contributed by atoms with Gasteiger partial charge in [-0.15, -0.1) is 0 Å². The number of carbonyl (C=O) groups is 2. The molecular weight excluding hydrogens is 460 g/mol. The number of rotatable bonds is 14. The molecule has 0 bridgehead atoms. The van der Waals surface area contributed by atoms with Gasteiger partial charge in [0.1, 0.15) is 17.7 Å². The van der Waals surface area contributed by atoms with Gasteiger partial charge >= 0.3 is 6.09 Å². The van der Waals surface area contributed by atoms with Crippen LogP contribution in [0.1, 0.15) is 25.0 Å². The summed E-state index contributed by atoms with van der Waals surface area (Å²) in [6.07, 6.45) is -2.85. The van der Waals surface area contributed by atoms with Gasteiger partial charge in [-0.2, -0.15) is 0 Å². The fourth-order valence-corrected chi connectivity index (χ4v) is 3.35. The van der Waals surface area contributed by atoms with Crippen molar-refractivity contribution in [2.24, 2.45) is 5.92 Å². The van der Waals surface area contributed by atoms with E-state index in [-0.39, 0.29) is 43.6 Å². The minimum Gasteiger partial charge on any atom is -0.465 e. The number of amides is 2. The summed E-state index contributed by atoms with van der Waals surface area (Å²) >= 11 is 0. The maximum Gasteiger partial charge on any atom is 0.404 e. The number of benzene rings is 2. The molecule has 3 atom stereocenters. The molecule has 2 amide bonds.